The van der Waals surface area contributed by atoms with E-state index in [4.69, 9.17) is 0 Å². The average Bonchev–Trinajstić information content (AvgIpc) is 2.92. The van der Waals surface area contributed by atoms with Gasteiger partial charge < -0.3 is 4.98 Å². The van der Waals surface area contributed by atoms with Crippen LogP contribution >= 0.6 is 15.9 Å². The molecule has 0 bridgehead atoms. The summed E-state index contributed by atoms with van der Waals surface area (Å²) >= 11 is 3.22. The lowest BCUT2D eigenvalue weighted by Crippen LogP contribution is -2.12. The fourth-order valence-corrected chi connectivity index (χ4v) is 2.15. The first-order valence-corrected chi connectivity index (χ1v) is 6.38. The number of nitrogens with zero attached hydrogens (tertiary/aromatic N) is 3. The molecular formula is C13H9BrN4O. The topological polar surface area (TPSA) is 63.6 Å². The number of hydrogen-bond donors (Lipinski definition) is 1. The molecule has 19 heavy (non-hydrogen) atoms. The van der Waals surface area contributed by atoms with Gasteiger partial charge in [-0.15, -0.1) is 0 Å². The van der Waals surface area contributed by atoms with Gasteiger partial charge in [-0.25, -0.2) is 9.67 Å². The molecule has 1 N–H and O–H groups in total. The molecule has 0 unspecified atom stereocenters. The van der Waals surface area contributed by atoms with Crippen LogP contribution in [0.2, 0.25) is 0 Å². The standard InChI is InChI=1S/C13H9BrN4O/c14-11-12(15-8-16-13(11)19)18-7-10(6-17-18)9-4-2-1-3-5-9/h1-8H,(H,15,16,19). The van der Waals surface area contributed by atoms with E-state index in [0.29, 0.717) is 10.3 Å². The molecule has 0 spiro atoms. The summed E-state index contributed by atoms with van der Waals surface area (Å²) in [7, 11) is 0. The molecule has 1 aromatic carbocycles. The largest absolute Gasteiger partial charge is 0.312 e. The van der Waals surface area contributed by atoms with Gasteiger partial charge >= 0.3 is 0 Å². The van der Waals surface area contributed by atoms with Gasteiger partial charge in [0.2, 0.25) is 0 Å². The lowest BCUT2D eigenvalue weighted by Gasteiger charge is -2.01. The summed E-state index contributed by atoms with van der Waals surface area (Å²) in [4.78, 5) is 18.1. The summed E-state index contributed by atoms with van der Waals surface area (Å²) < 4.78 is 1.93. The van der Waals surface area contributed by atoms with Crippen LogP contribution in [0.3, 0.4) is 0 Å². The lowest BCUT2D eigenvalue weighted by atomic mass is 10.1. The Kier molecular flexibility index (Phi) is 3.00. The molecule has 0 aliphatic heterocycles. The summed E-state index contributed by atoms with van der Waals surface area (Å²) in [5.74, 6) is 0.464. The van der Waals surface area contributed by atoms with E-state index in [1.807, 2.05) is 36.5 Å². The van der Waals surface area contributed by atoms with Crippen molar-refractivity contribution in [2.75, 3.05) is 0 Å². The Morgan fingerprint density at radius 2 is 1.95 bits per heavy atom. The Bertz CT molecular complexity index is 764. The van der Waals surface area contributed by atoms with Crippen LogP contribution in [0.25, 0.3) is 16.9 Å². The summed E-state index contributed by atoms with van der Waals surface area (Å²) in [5, 5.41) is 4.24. The molecule has 94 valence electrons. The molecule has 0 saturated heterocycles. The summed E-state index contributed by atoms with van der Waals surface area (Å²) in [5.41, 5.74) is 1.80. The minimum Gasteiger partial charge on any atom is -0.312 e. The first-order valence-electron chi connectivity index (χ1n) is 5.59. The maximum Gasteiger partial charge on any atom is 0.267 e. The molecular weight excluding hydrogens is 308 g/mol. The summed E-state index contributed by atoms with van der Waals surface area (Å²) in [6, 6.07) is 9.90. The predicted molar refractivity (Wildman–Crippen MR) is 75.1 cm³/mol. The number of H-pyrrole nitrogens is 1. The summed E-state index contributed by atoms with van der Waals surface area (Å²) in [6.07, 6.45) is 4.93. The number of aromatic nitrogens is 4. The number of benzene rings is 1. The first kappa shape index (κ1) is 11.9. The van der Waals surface area contributed by atoms with Crippen molar-refractivity contribution in [3.05, 3.63) is 63.9 Å². The molecule has 0 amide bonds. The van der Waals surface area contributed by atoms with E-state index in [2.05, 4.69) is 31.0 Å². The molecule has 0 atom stereocenters. The lowest BCUT2D eigenvalue weighted by molar-refractivity contribution is 0.828. The van der Waals surface area contributed by atoms with E-state index < -0.39 is 0 Å². The fourth-order valence-electron chi connectivity index (χ4n) is 1.75. The third-order valence-corrected chi connectivity index (χ3v) is 3.40. The van der Waals surface area contributed by atoms with E-state index in [-0.39, 0.29) is 5.56 Å². The zero-order valence-electron chi connectivity index (χ0n) is 9.75. The summed E-state index contributed by atoms with van der Waals surface area (Å²) in [6.45, 7) is 0. The van der Waals surface area contributed by atoms with E-state index in [0.717, 1.165) is 11.1 Å². The fraction of sp³-hybridized carbons (Fsp3) is 0. The van der Waals surface area contributed by atoms with Gasteiger partial charge in [0.05, 0.1) is 12.5 Å². The minimum atomic E-state index is -0.234. The van der Waals surface area contributed by atoms with Gasteiger partial charge in [0.1, 0.15) is 4.47 Å². The number of nitrogens with one attached hydrogen (secondary N) is 1. The second-order valence-corrected chi connectivity index (χ2v) is 4.70. The van der Waals surface area contributed by atoms with E-state index >= 15 is 0 Å². The van der Waals surface area contributed by atoms with Crippen LogP contribution in [0.1, 0.15) is 0 Å². The first-order chi connectivity index (χ1) is 9.25. The third kappa shape index (κ3) is 2.22. The smallest absolute Gasteiger partial charge is 0.267 e. The SMILES string of the molecule is O=c1[nH]cnc(-n2cc(-c3ccccc3)cn2)c1Br. The zero-order valence-corrected chi connectivity index (χ0v) is 11.3. The van der Waals surface area contributed by atoms with Crippen molar-refractivity contribution in [2.24, 2.45) is 0 Å². The number of halogens is 1. The van der Waals surface area contributed by atoms with Crippen LogP contribution in [-0.2, 0) is 0 Å². The van der Waals surface area contributed by atoms with Crippen LogP contribution in [0.5, 0.6) is 0 Å². The Labute approximate surface area is 117 Å². The van der Waals surface area contributed by atoms with Gasteiger partial charge in [-0.1, -0.05) is 30.3 Å². The maximum atomic E-state index is 11.5. The average molecular weight is 317 g/mol. The Hall–Kier alpha value is -2.21. The van der Waals surface area contributed by atoms with E-state index in [1.54, 1.807) is 10.9 Å². The van der Waals surface area contributed by atoms with Gasteiger partial charge in [-0.3, -0.25) is 4.79 Å². The Morgan fingerprint density at radius 3 is 2.74 bits per heavy atom. The molecule has 2 heterocycles. The molecule has 5 nitrogen and oxygen atoms in total. The molecule has 2 aromatic heterocycles. The van der Waals surface area contributed by atoms with Gasteiger partial charge in [0, 0.05) is 11.8 Å². The highest BCUT2D eigenvalue weighted by molar-refractivity contribution is 9.10. The molecule has 0 aliphatic carbocycles. The predicted octanol–water partition coefficient (Wildman–Crippen LogP) is 2.39. The monoisotopic (exact) mass is 316 g/mol. The van der Waals surface area contributed by atoms with Crippen molar-refractivity contribution in [3.63, 3.8) is 0 Å². The molecule has 6 heteroatoms. The van der Waals surface area contributed by atoms with Crippen LogP contribution in [0, 0.1) is 0 Å². The van der Waals surface area contributed by atoms with Crippen molar-refractivity contribution in [1.29, 1.82) is 0 Å². The number of aromatic amines is 1. The molecule has 3 aromatic rings. The highest BCUT2D eigenvalue weighted by Gasteiger charge is 2.09. The van der Waals surface area contributed by atoms with Crippen molar-refractivity contribution in [3.8, 4) is 16.9 Å². The molecule has 0 radical (unpaired) electrons. The molecule has 3 rings (SSSR count). The molecule has 0 saturated carbocycles. The second kappa shape index (κ2) is 4.81. The number of hydrogen-bond acceptors (Lipinski definition) is 3. The van der Waals surface area contributed by atoms with Crippen LogP contribution in [0.15, 0.2) is 58.3 Å². The van der Waals surface area contributed by atoms with Crippen molar-refractivity contribution in [2.45, 2.75) is 0 Å². The van der Waals surface area contributed by atoms with Crippen LogP contribution < -0.4 is 5.56 Å². The third-order valence-electron chi connectivity index (χ3n) is 2.68. The molecule has 0 aliphatic rings. The van der Waals surface area contributed by atoms with Crippen molar-refractivity contribution < 1.29 is 0 Å². The highest BCUT2D eigenvalue weighted by atomic mass is 79.9. The van der Waals surface area contributed by atoms with Gasteiger partial charge in [0.25, 0.3) is 5.56 Å². The minimum absolute atomic E-state index is 0.234. The van der Waals surface area contributed by atoms with Crippen LogP contribution in [0.4, 0.5) is 0 Å². The number of rotatable bonds is 2. The van der Waals surface area contributed by atoms with Gasteiger partial charge in [-0.2, -0.15) is 5.10 Å². The maximum absolute atomic E-state index is 11.5. The second-order valence-electron chi connectivity index (χ2n) is 3.91. The van der Waals surface area contributed by atoms with Crippen molar-refractivity contribution >= 4 is 15.9 Å². The normalized spacial score (nSPS) is 10.6. The van der Waals surface area contributed by atoms with E-state index in [1.165, 1.54) is 6.33 Å². The Morgan fingerprint density at radius 1 is 1.16 bits per heavy atom. The highest BCUT2D eigenvalue weighted by Crippen LogP contribution is 2.20. The van der Waals surface area contributed by atoms with Gasteiger partial charge in [0.15, 0.2) is 5.82 Å². The molecule has 0 fully saturated rings. The van der Waals surface area contributed by atoms with Gasteiger partial charge in [-0.05, 0) is 21.5 Å². The quantitative estimate of drug-likeness (QED) is 0.789. The Balaban J connectivity index is 2.07. The van der Waals surface area contributed by atoms with E-state index in [9.17, 15) is 4.79 Å². The van der Waals surface area contributed by atoms with Crippen molar-refractivity contribution in [1.82, 2.24) is 19.7 Å². The van der Waals surface area contributed by atoms with Crippen LogP contribution in [-0.4, -0.2) is 19.7 Å². The zero-order chi connectivity index (χ0) is 13.2.